The molecule has 27 heavy (non-hydrogen) atoms. The SMILES string of the molecule is COCC(C)n1c(C)cc(C(=O)Cn2nnc(-c3ccc(Cl)cc3)n2)c1C. The van der Waals surface area contributed by atoms with Crippen LogP contribution in [0.2, 0.25) is 5.02 Å². The Morgan fingerprint density at radius 1 is 1.26 bits per heavy atom. The van der Waals surface area contributed by atoms with Gasteiger partial charge in [-0.05, 0) is 56.3 Å². The Hall–Kier alpha value is -2.51. The van der Waals surface area contributed by atoms with Crippen LogP contribution in [0, 0.1) is 13.8 Å². The van der Waals surface area contributed by atoms with E-state index < -0.39 is 0 Å². The maximum absolute atomic E-state index is 12.8. The first-order valence-corrected chi connectivity index (χ1v) is 9.02. The maximum Gasteiger partial charge on any atom is 0.204 e. The van der Waals surface area contributed by atoms with Crippen molar-refractivity contribution in [1.29, 1.82) is 0 Å². The third-order valence-corrected chi connectivity index (χ3v) is 4.73. The Morgan fingerprint density at radius 3 is 2.63 bits per heavy atom. The molecule has 0 aliphatic rings. The van der Waals surface area contributed by atoms with Crippen LogP contribution in [0.3, 0.4) is 0 Å². The number of carbonyl (C=O) groups excluding carboxylic acids is 1. The maximum atomic E-state index is 12.8. The number of halogens is 1. The van der Waals surface area contributed by atoms with Gasteiger partial charge in [-0.3, -0.25) is 4.79 Å². The van der Waals surface area contributed by atoms with Crippen molar-refractivity contribution in [1.82, 2.24) is 24.8 Å². The van der Waals surface area contributed by atoms with E-state index in [1.54, 1.807) is 19.2 Å². The number of aryl methyl sites for hydroxylation is 1. The molecule has 0 saturated heterocycles. The second-order valence-electron chi connectivity index (χ2n) is 6.53. The molecule has 7 nitrogen and oxygen atoms in total. The minimum atomic E-state index is -0.0565. The molecule has 1 aromatic carbocycles. The van der Waals surface area contributed by atoms with Gasteiger partial charge in [0.2, 0.25) is 5.82 Å². The first-order chi connectivity index (χ1) is 12.9. The number of tetrazole rings is 1. The fourth-order valence-corrected chi connectivity index (χ4v) is 3.42. The van der Waals surface area contributed by atoms with Gasteiger partial charge in [0, 0.05) is 34.6 Å². The van der Waals surface area contributed by atoms with Crippen molar-refractivity contribution in [3.8, 4) is 11.4 Å². The normalized spacial score (nSPS) is 12.3. The molecule has 0 saturated carbocycles. The average molecular weight is 388 g/mol. The third kappa shape index (κ3) is 4.09. The Bertz CT molecular complexity index is 946. The highest BCUT2D eigenvalue weighted by atomic mass is 35.5. The first-order valence-electron chi connectivity index (χ1n) is 8.65. The number of aromatic nitrogens is 5. The zero-order chi connectivity index (χ0) is 19.6. The van der Waals surface area contributed by atoms with Gasteiger partial charge in [0.1, 0.15) is 6.54 Å². The number of ketones is 1. The van der Waals surface area contributed by atoms with Crippen molar-refractivity contribution in [2.75, 3.05) is 13.7 Å². The topological polar surface area (TPSA) is 74.8 Å². The molecule has 0 N–H and O–H groups in total. The van der Waals surface area contributed by atoms with Crippen molar-refractivity contribution in [2.45, 2.75) is 33.4 Å². The molecule has 0 amide bonds. The van der Waals surface area contributed by atoms with Crippen LogP contribution in [0.5, 0.6) is 0 Å². The van der Waals surface area contributed by atoms with Crippen molar-refractivity contribution < 1.29 is 9.53 Å². The summed E-state index contributed by atoms with van der Waals surface area (Å²) in [6.45, 7) is 6.61. The van der Waals surface area contributed by atoms with Gasteiger partial charge in [0.25, 0.3) is 0 Å². The number of ether oxygens (including phenoxy) is 1. The minimum absolute atomic E-state index is 0.0313. The number of hydrogen-bond acceptors (Lipinski definition) is 5. The Labute approximate surface area is 162 Å². The molecule has 3 rings (SSSR count). The minimum Gasteiger partial charge on any atom is -0.383 e. The Morgan fingerprint density at radius 2 is 1.96 bits per heavy atom. The summed E-state index contributed by atoms with van der Waals surface area (Å²) in [5, 5.41) is 13.0. The van der Waals surface area contributed by atoms with Crippen LogP contribution in [0.15, 0.2) is 30.3 Å². The number of rotatable bonds is 7. The molecule has 0 radical (unpaired) electrons. The zero-order valence-corrected chi connectivity index (χ0v) is 16.6. The molecule has 0 aliphatic carbocycles. The summed E-state index contributed by atoms with van der Waals surface area (Å²) in [7, 11) is 1.67. The fraction of sp³-hybridized carbons (Fsp3) is 0.368. The second kappa shape index (κ2) is 8.02. The smallest absolute Gasteiger partial charge is 0.204 e. The van der Waals surface area contributed by atoms with E-state index in [4.69, 9.17) is 16.3 Å². The predicted octanol–water partition coefficient (Wildman–Crippen LogP) is 3.50. The monoisotopic (exact) mass is 387 g/mol. The number of carbonyl (C=O) groups is 1. The fourth-order valence-electron chi connectivity index (χ4n) is 3.29. The highest BCUT2D eigenvalue weighted by molar-refractivity contribution is 6.30. The highest BCUT2D eigenvalue weighted by Crippen LogP contribution is 2.22. The Kier molecular flexibility index (Phi) is 5.72. The van der Waals surface area contributed by atoms with Crippen LogP contribution < -0.4 is 0 Å². The third-order valence-electron chi connectivity index (χ3n) is 4.47. The van der Waals surface area contributed by atoms with Crippen LogP contribution in [0.4, 0.5) is 0 Å². The molecule has 0 aliphatic heterocycles. The zero-order valence-electron chi connectivity index (χ0n) is 15.8. The van der Waals surface area contributed by atoms with Crippen molar-refractivity contribution in [3.05, 3.63) is 52.3 Å². The molecule has 1 atom stereocenters. The molecule has 0 spiro atoms. The lowest BCUT2D eigenvalue weighted by Crippen LogP contribution is -2.16. The molecule has 0 fully saturated rings. The lowest BCUT2D eigenvalue weighted by atomic mass is 10.1. The number of Topliss-reactive ketones (excluding diaryl/α,β-unsaturated/α-hetero) is 1. The average Bonchev–Trinajstić information content (AvgIpc) is 3.20. The summed E-state index contributed by atoms with van der Waals surface area (Å²) in [5.41, 5.74) is 3.40. The van der Waals surface area contributed by atoms with E-state index in [9.17, 15) is 4.79 Å². The van der Waals surface area contributed by atoms with Crippen molar-refractivity contribution in [2.24, 2.45) is 0 Å². The van der Waals surface area contributed by atoms with Crippen LogP contribution in [-0.4, -0.2) is 44.3 Å². The van der Waals surface area contributed by atoms with Crippen molar-refractivity contribution in [3.63, 3.8) is 0 Å². The summed E-state index contributed by atoms with van der Waals surface area (Å²) in [6.07, 6.45) is 0. The Balaban J connectivity index is 1.78. The standard InChI is InChI=1S/C19H22ClN5O2/c1-12-9-17(14(3)25(12)13(2)11-27-4)18(26)10-24-22-19(21-23-24)15-5-7-16(20)8-6-15/h5-9,13H,10-11H2,1-4H3. The van der Waals surface area contributed by atoms with Gasteiger partial charge in [-0.1, -0.05) is 11.6 Å². The van der Waals surface area contributed by atoms with Gasteiger partial charge in [-0.2, -0.15) is 4.80 Å². The van der Waals surface area contributed by atoms with Crippen LogP contribution in [0.25, 0.3) is 11.4 Å². The summed E-state index contributed by atoms with van der Waals surface area (Å²) in [6, 6.07) is 9.21. The highest BCUT2D eigenvalue weighted by Gasteiger charge is 2.20. The predicted molar refractivity (Wildman–Crippen MR) is 103 cm³/mol. The molecule has 142 valence electrons. The number of hydrogen-bond donors (Lipinski definition) is 0. The molecular formula is C19H22ClN5O2. The molecule has 0 bridgehead atoms. The van der Waals surface area contributed by atoms with E-state index in [0.717, 1.165) is 17.0 Å². The molecule has 2 aromatic heterocycles. The molecule has 3 aromatic rings. The van der Waals surface area contributed by atoms with E-state index in [-0.39, 0.29) is 18.4 Å². The summed E-state index contributed by atoms with van der Waals surface area (Å²) < 4.78 is 7.35. The summed E-state index contributed by atoms with van der Waals surface area (Å²) in [4.78, 5) is 14.1. The van der Waals surface area contributed by atoms with Gasteiger partial charge >= 0.3 is 0 Å². The van der Waals surface area contributed by atoms with E-state index >= 15 is 0 Å². The summed E-state index contributed by atoms with van der Waals surface area (Å²) in [5.74, 6) is 0.401. The van der Waals surface area contributed by atoms with E-state index in [1.165, 1.54) is 4.80 Å². The van der Waals surface area contributed by atoms with Gasteiger partial charge < -0.3 is 9.30 Å². The lowest BCUT2D eigenvalue weighted by Gasteiger charge is -2.17. The lowest BCUT2D eigenvalue weighted by molar-refractivity contribution is 0.0960. The molecule has 2 heterocycles. The van der Waals surface area contributed by atoms with Gasteiger partial charge in [0.05, 0.1) is 12.6 Å². The van der Waals surface area contributed by atoms with E-state index in [0.29, 0.717) is 23.0 Å². The van der Waals surface area contributed by atoms with Crippen molar-refractivity contribution >= 4 is 17.4 Å². The quantitative estimate of drug-likeness (QED) is 0.580. The molecule has 1 unspecified atom stereocenters. The van der Waals surface area contributed by atoms with E-state index in [1.807, 2.05) is 32.0 Å². The van der Waals surface area contributed by atoms with Crippen LogP contribution >= 0.6 is 11.6 Å². The molecular weight excluding hydrogens is 366 g/mol. The largest absolute Gasteiger partial charge is 0.383 e. The number of nitrogens with zero attached hydrogens (tertiary/aromatic N) is 5. The van der Waals surface area contributed by atoms with Crippen LogP contribution in [-0.2, 0) is 11.3 Å². The summed E-state index contributed by atoms with van der Waals surface area (Å²) >= 11 is 5.90. The number of benzene rings is 1. The van der Waals surface area contributed by atoms with Gasteiger partial charge in [-0.25, -0.2) is 0 Å². The van der Waals surface area contributed by atoms with Gasteiger partial charge in [0.15, 0.2) is 5.78 Å². The molecule has 8 heteroatoms. The number of methoxy groups -OCH3 is 1. The van der Waals surface area contributed by atoms with E-state index in [2.05, 4.69) is 26.9 Å². The van der Waals surface area contributed by atoms with Gasteiger partial charge in [-0.15, -0.1) is 10.2 Å². The second-order valence-corrected chi connectivity index (χ2v) is 6.97. The first kappa shape index (κ1) is 19.3. The van der Waals surface area contributed by atoms with Crippen LogP contribution in [0.1, 0.15) is 34.7 Å².